The Morgan fingerprint density at radius 2 is 2.33 bits per heavy atom. The lowest BCUT2D eigenvalue weighted by Crippen LogP contribution is -2.12. The van der Waals surface area contributed by atoms with Crippen LogP contribution in [0.2, 0.25) is 0 Å². The van der Waals surface area contributed by atoms with Crippen molar-refractivity contribution in [2.24, 2.45) is 5.92 Å². The molecule has 18 heavy (non-hydrogen) atoms. The van der Waals surface area contributed by atoms with Gasteiger partial charge in [-0.05, 0) is 18.6 Å². The Kier molecular flexibility index (Phi) is 4.81. The molecule has 6 heteroatoms. The molecule has 0 amide bonds. The summed E-state index contributed by atoms with van der Waals surface area (Å²) >= 11 is 0. The van der Waals surface area contributed by atoms with Crippen LogP contribution in [0, 0.1) is 11.3 Å². The topological polar surface area (TPSA) is 87.6 Å². The molecule has 1 N–H and O–H groups in total. The van der Waals surface area contributed by atoms with Crippen molar-refractivity contribution in [3.8, 4) is 0 Å². The van der Waals surface area contributed by atoms with E-state index in [2.05, 4.69) is 14.7 Å². The van der Waals surface area contributed by atoms with E-state index in [4.69, 9.17) is 5.39 Å². The fourth-order valence-electron chi connectivity index (χ4n) is 1.46. The van der Waals surface area contributed by atoms with Crippen LogP contribution in [0.25, 0.3) is 4.98 Å². The number of nitrogens with zero attached hydrogens (tertiary/aromatic N) is 3. The van der Waals surface area contributed by atoms with E-state index in [0.717, 1.165) is 12.8 Å². The first kappa shape index (κ1) is 13.6. The third kappa shape index (κ3) is 3.28. The van der Waals surface area contributed by atoms with E-state index in [9.17, 15) is 9.90 Å². The first-order chi connectivity index (χ1) is 8.60. The van der Waals surface area contributed by atoms with Gasteiger partial charge in [0.2, 0.25) is 5.39 Å². The van der Waals surface area contributed by atoms with Crippen molar-refractivity contribution in [3.63, 3.8) is 0 Å². The summed E-state index contributed by atoms with van der Waals surface area (Å²) in [6.45, 7) is 1.69. The van der Waals surface area contributed by atoms with Crippen molar-refractivity contribution in [1.82, 2.24) is 4.98 Å². The van der Waals surface area contributed by atoms with E-state index < -0.39 is 17.6 Å². The van der Waals surface area contributed by atoms with Gasteiger partial charge in [0.1, 0.15) is 0 Å². The third-order valence-corrected chi connectivity index (χ3v) is 2.43. The number of carbonyl (C=O) groups is 1. The van der Waals surface area contributed by atoms with Crippen LogP contribution in [0.15, 0.2) is 35.9 Å². The largest absolute Gasteiger partial charge is 0.505 e. The number of aromatic nitrogens is 1. The number of carbonyl (C=O) groups excluding carboxylic acids is 1. The highest BCUT2D eigenvalue weighted by Crippen LogP contribution is 2.18. The summed E-state index contributed by atoms with van der Waals surface area (Å²) in [6, 6.07) is 5.41. The number of methoxy groups -OCH3 is 1. The van der Waals surface area contributed by atoms with Gasteiger partial charge in [-0.3, -0.25) is 4.98 Å². The second-order valence-corrected chi connectivity index (χ2v) is 3.75. The average Bonchev–Trinajstić information content (AvgIpc) is 2.40. The van der Waals surface area contributed by atoms with Crippen LogP contribution in [0.5, 0.6) is 0 Å². The minimum atomic E-state index is -0.886. The predicted molar refractivity (Wildman–Crippen MR) is 63.9 cm³/mol. The van der Waals surface area contributed by atoms with E-state index in [1.807, 2.05) is 6.07 Å². The number of rotatable bonds is 4. The van der Waals surface area contributed by atoms with Crippen LogP contribution < -0.4 is 0 Å². The van der Waals surface area contributed by atoms with Crippen LogP contribution in [-0.2, 0) is 16.0 Å². The zero-order valence-electron chi connectivity index (χ0n) is 10.2. The lowest BCUT2D eigenvalue weighted by atomic mass is 10.0. The fourth-order valence-corrected chi connectivity index (χ4v) is 1.46. The van der Waals surface area contributed by atoms with E-state index in [1.54, 1.807) is 25.3 Å². The van der Waals surface area contributed by atoms with E-state index in [1.165, 1.54) is 0 Å². The van der Waals surface area contributed by atoms with E-state index in [-0.39, 0.29) is 5.76 Å². The van der Waals surface area contributed by atoms with Gasteiger partial charge in [-0.1, -0.05) is 13.0 Å². The molecule has 1 aromatic heterocycles. The molecule has 0 fully saturated rings. The zero-order chi connectivity index (χ0) is 13.5. The number of diazo groups is 1. The highest BCUT2D eigenvalue weighted by Gasteiger charge is 2.32. The Bertz CT molecular complexity index is 491. The van der Waals surface area contributed by atoms with Crippen LogP contribution in [-0.4, -0.2) is 23.2 Å². The molecular formula is C12H14N3O3+. The average molecular weight is 248 g/mol. The van der Waals surface area contributed by atoms with Crippen molar-refractivity contribution >= 4 is 5.97 Å². The number of aliphatic hydroxyl groups is 1. The van der Waals surface area contributed by atoms with Crippen molar-refractivity contribution in [2.45, 2.75) is 13.3 Å². The predicted octanol–water partition coefficient (Wildman–Crippen LogP) is 2.06. The maximum Gasteiger partial charge on any atom is 0.505 e. The Hall–Kier alpha value is -2.42. The highest BCUT2D eigenvalue weighted by atomic mass is 16.5. The van der Waals surface area contributed by atoms with Gasteiger partial charge in [-0.15, -0.1) is 0 Å². The van der Waals surface area contributed by atoms with E-state index >= 15 is 0 Å². The number of hydrogen-bond acceptors (Lipinski definition) is 5. The molecule has 94 valence electrons. The van der Waals surface area contributed by atoms with Gasteiger partial charge in [0.05, 0.1) is 7.11 Å². The maximum absolute atomic E-state index is 11.2. The molecule has 0 spiro atoms. The number of aliphatic hydroxyl groups excluding tert-OH is 1. The van der Waals surface area contributed by atoms with Crippen LogP contribution in [0.3, 0.4) is 0 Å². The summed E-state index contributed by atoms with van der Waals surface area (Å²) in [5.41, 5.74) is 0.277. The van der Waals surface area contributed by atoms with Crippen LogP contribution >= 0.6 is 0 Å². The quantitative estimate of drug-likeness (QED) is 0.381. The van der Waals surface area contributed by atoms with Gasteiger partial charge in [-0.2, -0.15) is 0 Å². The lowest BCUT2D eigenvalue weighted by Gasteiger charge is -2.07. The number of hydrogen-bond donors (Lipinski definition) is 1. The molecule has 6 nitrogen and oxygen atoms in total. The number of esters is 1. The summed E-state index contributed by atoms with van der Waals surface area (Å²) in [5, 5.41) is 18.5. The van der Waals surface area contributed by atoms with Gasteiger partial charge < -0.3 is 9.84 Å². The summed E-state index contributed by atoms with van der Waals surface area (Å²) in [5.74, 6) is -1.62. The number of allylic oxidation sites excluding steroid dienone is 1. The standard InChI is InChI=1S/C12H13N3O3/c1-8(7-9-5-3-4-6-14-9)11(16)10(15-13)12(17)18-2/h3-6,8H,7H2,1-2H3/p+1. The number of ether oxygens (including phenoxy) is 1. The van der Waals surface area contributed by atoms with Crippen molar-refractivity contribution in [1.29, 1.82) is 5.39 Å². The maximum atomic E-state index is 11.2. The molecule has 0 aliphatic heterocycles. The van der Waals surface area contributed by atoms with Gasteiger partial charge in [0.25, 0.3) is 0 Å². The summed E-state index contributed by atoms with van der Waals surface area (Å²) < 4.78 is 4.40. The van der Waals surface area contributed by atoms with E-state index in [0.29, 0.717) is 6.42 Å². The molecule has 0 aliphatic carbocycles. The fraction of sp³-hybridized carbons (Fsp3) is 0.333. The van der Waals surface area contributed by atoms with Gasteiger partial charge >= 0.3 is 11.7 Å². The third-order valence-electron chi connectivity index (χ3n) is 2.43. The summed E-state index contributed by atoms with van der Waals surface area (Å²) in [7, 11) is 1.14. The van der Waals surface area contributed by atoms with Gasteiger partial charge in [0.15, 0.2) is 10.7 Å². The molecule has 0 saturated carbocycles. The Morgan fingerprint density at radius 3 is 2.83 bits per heavy atom. The Morgan fingerprint density at radius 1 is 1.61 bits per heavy atom. The van der Waals surface area contributed by atoms with Crippen molar-refractivity contribution < 1.29 is 14.6 Å². The van der Waals surface area contributed by atoms with Crippen molar-refractivity contribution in [3.05, 3.63) is 46.5 Å². The molecule has 0 radical (unpaired) electrons. The smallest absolute Gasteiger partial charge is 0.505 e. The van der Waals surface area contributed by atoms with Crippen molar-refractivity contribution in [2.75, 3.05) is 7.11 Å². The molecular weight excluding hydrogens is 234 g/mol. The SMILES string of the molecule is COC(=O)/C([N+]#N)=C(\O)C(C)Cc1ccccn1. The first-order valence-electron chi connectivity index (χ1n) is 5.36. The summed E-state index contributed by atoms with van der Waals surface area (Å²) in [4.78, 5) is 18.1. The molecule has 0 aromatic carbocycles. The highest BCUT2D eigenvalue weighted by molar-refractivity contribution is 5.90. The zero-order valence-corrected chi connectivity index (χ0v) is 10.2. The molecule has 0 aliphatic rings. The number of pyridine rings is 1. The molecule has 1 rings (SSSR count). The molecule has 1 atom stereocenters. The molecule has 1 heterocycles. The summed E-state index contributed by atoms with van der Waals surface area (Å²) in [6.07, 6.45) is 2.06. The van der Waals surface area contributed by atoms with Crippen LogP contribution in [0.1, 0.15) is 12.6 Å². The Balaban J connectivity index is 2.89. The van der Waals surface area contributed by atoms with Crippen LogP contribution in [0.4, 0.5) is 0 Å². The van der Waals surface area contributed by atoms with Gasteiger partial charge in [0, 0.05) is 17.8 Å². The second-order valence-electron chi connectivity index (χ2n) is 3.75. The second kappa shape index (κ2) is 6.35. The normalized spacial score (nSPS) is 13.2. The Labute approximate surface area is 105 Å². The molecule has 0 bridgehead atoms. The van der Waals surface area contributed by atoms with Gasteiger partial charge in [-0.25, -0.2) is 4.79 Å². The molecule has 1 aromatic rings. The monoisotopic (exact) mass is 248 g/mol. The minimum Gasteiger partial charge on any atom is -0.505 e. The molecule has 1 unspecified atom stereocenters. The lowest BCUT2D eigenvalue weighted by molar-refractivity contribution is -0.136. The minimum absolute atomic E-state index is 0.324. The molecule has 0 saturated heterocycles. The first-order valence-corrected chi connectivity index (χ1v) is 5.36.